The fraction of sp³-hybridized carbons (Fsp3) is 0.0952. The molecule has 0 atom stereocenters. The summed E-state index contributed by atoms with van der Waals surface area (Å²) in [5.74, 6) is 0.762. The Labute approximate surface area is 164 Å². The van der Waals surface area contributed by atoms with Gasteiger partial charge < -0.3 is 4.57 Å². The van der Waals surface area contributed by atoms with Crippen LogP contribution in [0.15, 0.2) is 65.8 Å². The van der Waals surface area contributed by atoms with Gasteiger partial charge in [-0.15, -0.1) is 4.52 Å². The number of hydrogen-bond acceptors (Lipinski definition) is 4. The van der Waals surface area contributed by atoms with Crippen molar-refractivity contribution in [3.8, 4) is 11.3 Å². The van der Waals surface area contributed by atoms with E-state index in [1.165, 1.54) is 12.1 Å². The molecule has 0 aliphatic rings. The van der Waals surface area contributed by atoms with Gasteiger partial charge in [0.05, 0.1) is 6.54 Å². The van der Waals surface area contributed by atoms with Crippen molar-refractivity contribution in [2.75, 3.05) is 0 Å². The number of aromatic nitrogens is 6. The van der Waals surface area contributed by atoms with Crippen molar-refractivity contribution in [3.05, 3.63) is 88.6 Å². The van der Waals surface area contributed by atoms with Gasteiger partial charge in [0.2, 0.25) is 5.82 Å². The number of nitrogens with one attached hydrogen (secondary N) is 1. The number of H-pyrrole nitrogens is 1. The maximum Gasteiger partial charge on any atom is 0.458 e. The lowest BCUT2D eigenvalue weighted by Gasteiger charge is -2.08. The van der Waals surface area contributed by atoms with Crippen molar-refractivity contribution in [1.82, 2.24) is 24.6 Å². The Morgan fingerprint density at radius 3 is 2.59 bits per heavy atom. The van der Waals surface area contributed by atoms with Gasteiger partial charge in [-0.25, -0.2) is 9.49 Å². The Kier molecular flexibility index (Phi) is 3.90. The lowest BCUT2D eigenvalue weighted by molar-refractivity contribution is -0.567. The predicted molar refractivity (Wildman–Crippen MR) is 105 cm³/mol. The highest BCUT2D eigenvalue weighted by molar-refractivity contribution is 5.90. The van der Waals surface area contributed by atoms with E-state index in [-0.39, 0.29) is 11.4 Å². The second kappa shape index (κ2) is 6.59. The summed E-state index contributed by atoms with van der Waals surface area (Å²) < 4.78 is 16.8. The van der Waals surface area contributed by atoms with Crippen LogP contribution in [0.5, 0.6) is 0 Å². The molecule has 0 bridgehead atoms. The molecule has 5 aromatic rings. The molecule has 4 heterocycles. The summed E-state index contributed by atoms with van der Waals surface area (Å²) in [5.41, 5.74) is 2.60. The number of aromatic amines is 1. The summed E-state index contributed by atoms with van der Waals surface area (Å²) in [6, 6.07) is 11.6. The van der Waals surface area contributed by atoms with E-state index in [4.69, 9.17) is 0 Å². The van der Waals surface area contributed by atoms with E-state index in [2.05, 4.69) is 20.1 Å². The molecule has 0 amide bonds. The third kappa shape index (κ3) is 2.94. The number of rotatable bonds is 3. The summed E-state index contributed by atoms with van der Waals surface area (Å²) >= 11 is 0. The van der Waals surface area contributed by atoms with E-state index in [0.29, 0.717) is 40.3 Å². The van der Waals surface area contributed by atoms with Gasteiger partial charge in [0.1, 0.15) is 11.2 Å². The number of benzene rings is 1. The highest BCUT2D eigenvalue weighted by Gasteiger charge is 2.24. The van der Waals surface area contributed by atoms with Gasteiger partial charge in [-0.2, -0.15) is 0 Å². The molecule has 0 radical (unpaired) electrons. The molecule has 29 heavy (non-hydrogen) atoms. The van der Waals surface area contributed by atoms with Crippen molar-refractivity contribution < 1.29 is 8.91 Å². The first-order valence-corrected chi connectivity index (χ1v) is 9.06. The third-order valence-electron chi connectivity index (χ3n) is 4.79. The quantitative estimate of drug-likeness (QED) is 0.482. The van der Waals surface area contributed by atoms with Crippen molar-refractivity contribution in [1.29, 1.82) is 0 Å². The van der Waals surface area contributed by atoms with E-state index in [9.17, 15) is 9.18 Å². The van der Waals surface area contributed by atoms with Gasteiger partial charge in [-0.3, -0.25) is 9.78 Å². The molecular formula is C21H16FN6O+. The normalized spacial score (nSPS) is 11.4. The van der Waals surface area contributed by atoms with Crippen LogP contribution in [-0.2, 0) is 6.54 Å². The third-order valence-corrected chi connectivity index (χ3v) is 4.79. The topological polar surface area (TPSA) is 80.6 Å². The SMILES string of the molecule is Cc1nc2nc3ccn(Cc4ccncc4)c(=O)c3c(-c3ccc(F)cc3)[n+]2[nH]1. The van der Waals surface area contributed by atoms with Gasteiger partial charge in [0.15, 0.2) is 11.2 Å². The summed E-state index contributed by atoms with van der Waals surface area (Å²) in [5, 5.41) is 3.56. The van der Waals surface area contributed by atoms with Crippen molar-refractivity contribution in [2.45, 2.75) is 13.5 Å². The van der Waals surface area contributed by atoms with Crippen LogP contribution < -0.4 is 10.1 Å². The molecule has 1 aromatic carbocycles. The average molecular weight is 387 g/mol. The van der Waals surface area contributed by atoms with Gasteiger partial charge in [0.25, 0.3) is 5.56 Å². The van der Waals surface area contributed by atoms with Crippen LogP contribution in [0.4, 0.5) is 4.39 Å². The monoisotopic (exact) mass is 387 g/mol. The Balaban J connectivity index is 1.83. The number of fused-ring (bicyclic) bond motifs is 2. The number of halogens is 1. The van der Waals surface area contributed by atoms with Crippen molar-refractivity contribution in [2.24, 2.45) is 0 Å². The second-order valence-electron chi connectivity index (χ2n) is 6.78. The Bertz CT molecular complexity index is 1410. The average Bonchev–Trinajstić information content (AvgIpc) is 3.10. The van der Waals surface area contributed by atoms with Crippen molar-refractivity contribution >= 4 is 16.7 Å². The van der Waals surface area contributed by atoms with Crippen LogP contribution in [0.25, 0.3) is 27.9 Å². The number of hydrogen-bond donors (Lipinski definition) is 1. The first-order valence-electron chi connectivity index (χ1n) is 9.06. The first kappa shape index (κ1) is 17.2. The van der Waals surface area contributed by atoms with Gasteiger partial charge >= 0.3 is 5.78 Å². The fourth-order valence-corrected chi connectivity index (χ4v) is 3.46. The molecule has 4 aromatic heterocycles. The van der Waals surface area contributed by atoms with Crippen LogP contribution in [-0.4, -0.2) is 24.6 Å². The lowest BCUT2D eigenvalue weighted by Crippen LogP contribution is -2.32. The van der Waals surface area contributed by atoms with Crippen LogP contribution in [0.1, 0.15) is 11.4 Å². The Hall–Kier alpha value is -3.94. The minimum atomic E-state index is -0.343. The number of nitrogens with zero attached hydrogens (tertiary/aromatic N) is 5. The zero-order valence-corrected chi connectivity index (χ0v) is 15.5. The predicted octanol–water partition coefficient (Wildman–Crippen LogP) is 2.42. The zero-order chi connectivity index (χ0) is 20.0. The molecule has 0 saturated heterocycles. The maximum absolute atomic E-state index is 13.5. The fourth-order valence-electron chi connectivity index (χ4n) is 3.46. The van der Waals surface area contributed by atoms with E-state index in [1.807, 2.05) is 19.1 Å². The summed E-state index contributed by atoms with van der Waals surface area (Å²) in [6.07, 6.45) is 5.11. The molecule has 7 nitrogen and oxygen atoms in total. The van der Waals surface area contributed by atoms with Gasteiger partial charge in [-0.05, 0) is 48.0 Å². The molecule has 5 rings (SSSR count). The summed E-state index contributed by atoms with van der Waals surface area (Å²) in [7, 11) is 0. The molecule has 8 heteroatoms. The smallest absolute Gasteiger partial charge is 0.310 e. The molecule has 0 aliphatic carbocycles. The minimum absolute atomic E-state index is 0.187. The maximum atomic E-state index is 13.5. The largest absolute Gasteiger partial charge is 0.458 e. The van der Waals surface area contributed by atoms with E-state index < -0.39 is 0 Å². The lowest BCUT2D eigenvalue weighted by atomic mass is 10.1. The van der Waals surface area contributed by atoms with Crippen LogP contribution >= 0.6 is 0 Å². The minimum Gasteiger partial charge on any atom is -0.310 e. The molecule has 142 valence electrons. The molecule has 0 saturated carbocycles. The summed E-state index contributed by atoms with van der Waals surface area (Å²) in [6.45, 7) is 2.22. The van der Waals surface area contributed by atoms with Crippen LogP contribution in [0, 0.1) is 12.7 Å². The molecule has 0 aliphatic heterocycles. The molecular weight excluding hydrogens is 371 g/mol. The second-order valence-corrected chi connectivity index (χ2v) is 6.78. The standard InChI is InChI=1S/C21H15FN6O/c1-13-24-21-25-17-8-11-27(12-14-6-9-23-10-7-14)20(29)18(17)19(28(21)26-13)15-2-4-16(22)5-3-15/h2-11H,12H2,1H3/p+1. The van der Waals surface area contributed by atoms with Crippen molar-refractivity contribution in [3.63, 3.8) is 0 Å². The zero-order valence-electron chi connectivity index (χ0n) is 15.5. The summed E-state index contributed by atoms with van der Waals surface area (Å²) in [4.78, 5) is 26.4. The molecule has 0 spiro atoms. The van der Waals surface area contributed by atoms with E-state index >= 15 is 0 Å². The Morgan fingerprint density at radius 2 is 1.83 bits per heavy atom. The number of aryl methyl sites for hydroxylation is 1. The highest BCUT2D eigenvalue weighted by atomic mass is 19.1. The Morgan fingerprint density at radius 1 is 1.07 bits per heavy atom. The number of pyridine rings is 2. The van der Waals surface area contributed by atoms with Crippen LogP contribution in [0.3, 0.4) is 0 Å². The van der Waals surface area contributed by atoms with Gasteiger partial charge in [0, 0.05) is 31.1 Å². The molecule has 1 N–H and O–H groups in total. The van der Waals surface area contributed by atoms with E-state index in [1.54, 1.807) is 45.9 Å². The highest BCUT2D eigenvalue weighted by Crippen LogP contribution is 2.23. The molecule has 0 unspecified atom stereocenters. The molecule has 0 fully saturated rings. The van der Waals surface area contributed by atoms with Crippen LogP contribution in [0.2, 0.25) is 0 Å². The van der Waals surface area contributed by atoms with E-state index in [0.717, 1.165) is 5.56 Å². The van der Waals surface area contributed by atoms with Gasteiger partial charge in [-0.1, -0.05) is 9.97 Å². The first-order chi connectivity index (χ1) is 14.1.